The molecule has 0 spiro atoms. The Labute approximate surface area is 71.6 Å². The third-order valence-electron chi connectivity index (χ3n) is 1.85. The molecule has 3 heteroatoms. The Morgan fingerprint density at radius 1 is 1.67 bits per heavy atom. The van der Waals surface area contributed by atoms with E-state index in [1.807, 2.05) is 0 Å². The van der Waals surface area contributed by atoms with Crippen LogP contribution >= 0.6 is 0 Å². The first-order chi connectivity index (χ1) is 5.75. The molecule has 1 aromatic rings. The van der Waals surface area contributed by atoms with E-state index < -0.39 is 0 Å². The number of H-pyrrole nitrogens is 1. The standard InChI is InChI=1S/C9H14N2O/c1-2-4-8(10)7-5-3-6-11-9(7)12/h3,5-6,8H,2,4,10H2,1H3,(H,11,12)/t8-/m1/s1. The number of hydrogen-bond acceptors (Lipinski definition) is 2. The second kappa shape index (κ2) is 4.07. The second-order valence-electron chi connectivity index (χ2n) is 2.85. The van der Waals surface area contributed by atoms with Gasteiger partial charge in [-0.25, -0.2) is 0 Å². The predicted octanol–water partition coefficient (Wildman–Crippen LogP) is 1.17. The highest BCUT2D eigenvalue weighted by atomic mass is 16.1. The maximum Gasteiger partial charge on any atom is 0.252 e. The third kappa shape index (κ3) is 1.95. The zero-order chi connectivity index (χ0) is 8.97. The van der Waals surface area contributed by atoms with Crippen molar-refractivity contribution in [1.29, 1.82) is 0 Å². The van der Waals surface area contributed by atoms with E-state index in [0.29, 0.717) is 5.56 Å². The van der Waals surface area contributed by atoms with Crippen LogP contribution in [-0.2, 0) is 0 Å². The highest BCUT2D eigenvalue weighted by molar-refractivity contribution is 5.13. The summed E-state index contributed by atoms with van der Waals surface area (Å²) in [6.07, 6.45) is 3.47. The minimum atomic E-state index is -0.125. The highest BCUT2D eigenvalue weighted by Gasteiger charge is 2.07. The summed E-state index contributed by atoms with van der Waals surface area (Å²) in [7, 11) is 0. The molecule has 0 amide bonds. The Morgan fingerprint density at radius 3 is 3.00 bits per heavy atom. The molecule has 3 N–H and O–H groups in total. The number of aromatic nitrogens is 1. The molecule has 0 unspecified atom stereocenters. The summed E-state index contributed by atoms with van der Waals surface area (Å²) in [6.45, 7) is 2.05. The van der Waals surface area contributed by atoms with Crippen LogP contribution in [0, 0.1) is 0 Å². The number of aromatic amines is 1. The van der Waals surface area contributed by atoms with Crippen LogP contribution in [0.4, 0.5) is 0 Å². The maximum absolute atomic E-state index is 11.2. The van der Waals surface area contributed by atoms with Gasteiger partial charge in [-0.05, 0) is 12.5 Å². The molecule has 0 saturated heterocycles. The Hall–Kier alpha value is -1.09. The highest BCUT2D eigenvalue weighted by Crippen LogP contribution is 2.09. The lowest BCUT2D eigenvalue weighted by Crippen LogP contribution is -2.20. The van der Waals surface area contributed by atoms with Crippen molar-refractivity contribution in [1.82, 2.24) is 4.98 Å². The molecule has 1 heterocycles. The average Bonchev–Trinajstić information content (AvgIpc) is 2.05. The van der Waals surface area contributed by atoms with Crippen LogP contribution in [0.25, 0.3) is 0 Å². The van der Waals surface area contributed by atoms with Gasteiger partial charge in [0.05, 0.1) is 0 Å². The van der Waals surface area contributed by atoms with Gasteiger partial charge in [0, 0.05) is 17.8 Å². The van der Waals surface area contributed by atoms with Gasteiger partial charge in [-0.1, -0.05) is 19.4 Å². The van der Waals surface area contributed by atoms with E-state index in [9.17, 15) is 4.79 Å². The molecule has 1 rings (SSSR count). The lowest BCUT2D eigenvalue weighted by atomic mass is 10.1. The van der Waals surface area contributed by atoms with Crippen LogP contribution in [0.1, 0.15) is 31.4 Å². The summed E-state index contributed by atoms with van der Waals surface area (Å²) in [5, 5.41) is 0. The van der Waals surface area contributed by atoms with Gasteiger partial charge in [0.25, 0.3) is 5.56 Å². The lowest BCUT2D eigenvalue weighted by Gasteiger charge is -2.07. The molecule has 0 fully saturated rings. The van der Waals surface area contributed by atoms with Gasteiger partial charge in [0.15, 0.2) is 0 Å². The first kappa shape index (κ1) is 9.00. The summed E-state index contributed by atoms with van der Waals surface area (Å²) < 4.78 is 0. The minimum Gasteiger partial charge on any atom is -0.329 e. The molecule has 66 valence electrons. The lowest BCUT2D eigenvalue weighted by molar-refractivity contribution is 0.631. The van der Waals surface area contributed by atoms with Crippen LogP contribution in [0.3, 0.4) is 0 Å². The number of pyridine rings is 1. The van der Waals surface area contributed by atoms with Crippen LogP contribution in [0.5, 0.6) is 0 Å². The van der Waals surface area contributed by atoms with E-state index in [1.165, 1.54) is 0 Å². The van der Waals surface area contributed by atoms with Gasteiger partial charge in [-0.2, -0.15) is 0 Å². The first-order valence-electron chi connectivity index (χ1n) is 4.19. The molecule has 0 aliphatic carbocycles. The summed E-state index contributed by atoms with van der Waals surface area (Å²) in [5.41, 5.74) is 6.40. The monoisotopic (exact) mass is 166 g/mol. The molecule has 1 aromatic heterocycles. The number of nitrogens with two attached hydrogens (primary N) is 1. The van der Waals surface area contributed by atoms with Crippen molar-refractivity contribution in [3.05, 3.63) is 34.2 Å². The van der Waals surface area contributed by atoms with E-state index in [-0.39, 0.29) is 11.6 Å². The van der Waals surface area contributed by atoms with Crippen molar-refractivity contribution in [2.75, 3.05) is 0 Å². The van der Waals surface area contributed by atoms with Gasteiger partial charge in [0.1, 0.15) is 0 Å². The average molecular weight is 166 g/mol. The summed E-state index contributed by atoms with van der Waals surface area (Å²) in [5.74, 6) is 0. The van der Waals surface area contributed by atoms with Crippen molar-refractivity contribution in [3.63, 3.8) is 0 Å². The van der Waals surface area contributed by atoms with Crippen LogP contribution in [0.2, 0.25) is 0 Å². The number of nitrogens with one attached hydrogen (secondary N) is 1. The normalized spacial score (nSPS) is 12.8. The van der Waals surface area contributed by atoms with Gasteiger partial charge in [0.2, 0.25) is 0 Å². The van der Waals surface area contributed by atoms with Crippen LogP contribution < -0.4 is 11.3 Å². The molecule has 0 aliphatic rings. The Balaban J connectivity index is 2.87. The topological polar surface area (TPSA) is 58.9 Å². The van der Waals surface area contributed by atoms with Crippen molar-refractivity contribution in [2.45, 2.75) is 25.8 Å². The molecule has 0 aromatic carbocycles. The van der Waals surface area contributed by atoms with E-state index >= 15 is 0 Å². The Morgan fingerprint density at radius 2 is 2.42 bits per heavy atom. The Kier molecular flexibility index (Phi) is 3.05. The van der Waals surface area contributed by atoms with E-state index in [0.717, 1.165) is 12.8 Å². The van der Waals surface area contributed by atoms with Gasteiger partial charge in [-0.3, -0.25) is 4.79 Å². The fourth-order valence-corrected chi connectivity index (χ4v) is 1.19. The smallest absolute Gasteiger partial charge is 0.252 e. The third-order valence-corrected chi connectivity index (χ3v) is 1.85. The molecule has 1 atom stereocenters. The largest absolute Gasteiger partial charge is 0.329 e. The molecule has 3 nitrogen and oxygen atoms in total. The van der Waals surface area contributed by atoms with Gasteiger partial charge < -0.3 is 10.7 Å². The maximum atomic E-state index is 11.2. The van der Waals surface area contributed by atoms with Crippen LogP contribution in [-0.4, -0.2) is 4.98 Å². The first-order valence-corrected chi connectivity index (χ1v) is 4.19. The SMILES string of the molecule is CCC[C@@H](N)c1ccc[nH]c1=O. The molecule has 0 radical (unpaired) electrons. The van der Waals surface area contributed by atoms with E-state index in [2.05, 4.69) is 11.9 Å². The minimum absolute atomic E-state index is 0.0709. The van der Waals surface area contributed by atoms with E-state index in [1.54, 1.807) is 18.3 Å². The quantitative estimate of drug-likeness (QED) is 0.708. The molecular formula is C9H14N2O. The zero-order valence-corrected chi connectivity index (χ0v) is 7.21. The second-order valence-corrected chi connectivity index (χ2v) is 2.85. The van der Waals surface area contributed by atoms with Gasteiger partial charge in [-0.15, -0.1) is 0 Å². The molecule has 0 bridgehead atoms. The molecular weight excluding hydrogens is 152 g/mol. The Bertz CT molecular complexity index is 293. The summed E-state index contributed by atoms with van der Waals surface area (Å²) in [4.78, 5) is 13.8. The fourth-order valence-electron chi connectivity index (χ4n) is 1.19. The van der Waals surface area contributed by atoms with Crippen molar-refractivity contribution < 1.29 is 0 Å². The zero-order valence-electron chi connectivity index (χ0n) is 7.21. The summed E-state index contributed by atoms with van der Waals surface area (Å²) in [6, 6.07) is 3.45. The van der Waals surface area contributed by atoms with Crippen molar-refractivity contribution in [3.8, 4) is 0 Å². The van der Waals surface area contributed by atoms with E-state index in [4.69, 9.17) is 5.73 Å². The van der Waals surface area contributed by atoms with Crippen LogP contribution in [0.15, 0.2) is 23.1 Å². The number of hydrogen-bond donors (Lipinski definition) is 2. The summed E-state index contributed by atoms with van der Waals surface area (Å²) >= 11 is 0. The van der Waals surface area contributed by atoms with Crippen molar-refractivity contribution in [2.24, 2.45) is 5.73 Å². The molecule has 0 aliphatic heterocycles. The van der Waals surface area contributed by atoms with Crippen molar-refractivity contribution >= 4 is 0 Å². The van der Waals surface area contributed by atoms with Gasteiger partial charge >= 0.3 is 0 Å². The number of rotatable bonds is 3. The molecule has 0 saturated carbocycles. The predicted molar refractivity (Wildman–Crippen MR) is 48.9 cm³/mol. The molecule has 12 heavy (non-hydrogen) atoms. The fraction of sp³-hybridized carbons (Fsp3) is 0.444.